The third-order valence-corrected chi connectivity index (χ3v) is 3.70. The van der Waals surface area contributed by atoms with E-state index in [1.54, 1.807) is 0 Å². The second-order valence-electron chi connectivity index (χ2n) is 4.45. The monoisotopic (exact) mass is 188 g/mol. The van der Waals surface area contributed by atoms with Gasteiger partial charge in [0.2, 0.25) is 0 Å². The number of rotatable bonds is 0. The topological polar surface area (TPSA) is 24.1 Å². The van der Waals surface area contributed by atoms with E-state index in [1.807, 2.05) is 0 Å². The Balaban J connectivity index is 2.04. The van der Waals surface area contributed by atoms with Gasteiger partial charge in [-0.15, -0.1) is 0 Å². The molecule has 74 valence electrons. The van der Waals surface area contributed by atoms with Crippen LogP contribution in [0.5, 0.6) is 0 Å². The molecule has 1 fully saturated rings. The molecular formula is C12H16N2. The molecule has 2 heteroatoms. The average Bonchev–Trinajstić information content (AvgIpc) is 2.66. The summed E-state index contributed by atoms with van der Waals surface area (Å²) in [6, 6.07) is 9.34. The van der Waals surface area contributed by atoms with Crippen molar-refractivity contribution >= 4 is 5.69 Å². The highest BCUT2D eigenvalue weighted by atomic mass is 15.1. The summed E-state index contributed by atoms with van der Waals surface area (Å²) in [7, 11) is 0. The second kappa shape index (κ2) is 2.99. The zero-order valence-corrected chi connectivity index (χ0v) is 8.46. The van der Waals surface area contributed by atoms with Crippen molar-refractivity contribution in [1.29, 1.82) is 0 Å². The summed E-state index contributed by atoms with van der Waals surface area (Å²) in [4.78, 5) is 0. The molecule has 0 aliphatic carbocycles. The van der Waals surface area contributed by atoms with Crippen molar-refractivity contribution in [2.75, 3.05) is 18.4 Å². The molecule has 0 amide bonds. The number of benzene rings is 1. The van der Waals surface area contributed by atoms with Crippen LogP contribution in [0.4, 0.5) is 5.69 Å². The first-order chi connectivity index (χ1) is 6.86. The SMILES string of the molecule is CC1c2ccccc2NC2CNCC21. The predicted molar refractivity (Wildman–Crippen MR) is 58.6 cm³/mol. The van der Waals surface area contributed by atoms with Crippen LogP contribution in [-0.2, 0) is 0 Å². The molecule has 0 bridgehead atoms. The summed E-state index contributed by atoms with van der Waals surface area (Å²) in [6.45, 7) is 4.63. The van der Waals surface area contributed by atoms with Crippen molar-refractivity contribution in [3.8, 4) is 0 Å². The van der Waals surface area contributed by atoms with Crippen molar-refractivity contribution in [3.63, 3.8) is 0 Å². The Morgan fingerprint density at radius 3 is 3.00 bits per heavy atom. The minimum atomic E-state index is 0.639. The first kappa shape index (κ1) is 8.30. The van der Waals surface area contributed by atoms with Gasteiger partial charge in [0.05, 0.1) is 0 Å². The molecule has 3 rings (SSSR count). The minimum absolute atomic E-state index is 0.639. The zero-order valence-electron chi connectivity index (χ0n) is 8.46. The molecule has 1 aromatic rings. The Morgan fingerprint density at radius 2 is 2.07 bits per heavy atom. The van der Waals surface area contributed by atoms with Gasteiger partial charge in [0.25, 0.3) is 0 Å². The van der Waals surface area contributed by atoms with Crippen LogP contribution in [-0.4, -0.2) is 19.1 Å². The molecule has 0 radical (unpaired) electrons. The van der Waals surface area contributed by atoms with Crippen LogP contribution in [0.15, 0.2) is 24.3 Å². The van der Waals surface area contributed by atoms with E-state index in [2.05, 4.69) is 41.8 Å². The lowest BCUT2D eigenvalue weighted by molar-refractivity contribution is 0.441. The van der Waals surface area contributed by atoms with Crippen molar-refractivity contribution in [2.45, 2.75) is 18.9 Å². The van der Waals surface area contributed by atoms with Gasteiger partial charge in [-0.3, -0.25) is 0 Å². The molecule has 0 saturated carbocycles. The largest absolute Gasteiger partial charge is 0.380 e. The van der Waals surface area contributed by atoms with Gasteiger partial charge in [0, 0.05) is 24.8 Å². The summed E-state index contributed by atoms with van der Waals surface area (Å²) >= 11 is 0. The van der Waals surface area contributed by atoms with Crippen molar-refractivity contribution in [3.05, 3.63) is 29.8 Å². The van der Waals surface area contributed by atoms with Gasteiger partial charge in [0.15, 0.2) is 0 Å². The van der Waals surface area contributed by atoms with Gasteiger partial charge in [-0.2, -0.15) is 0 Å². The van der Waals surface area contributed by atoms with Crippen LogP contribution in [0.3, 0.4) is 0 Å². The molecule has 2 nitrogen and oxygen atoms in total. The molecule has 2 aliphatic heterocycles. The van der Waals surface area contributed by atoms with Crippen LogP contribution in [0.1, 0.15) is 18.4 Å². The molecular weight excluding hydrogens is 172 g/mol. The van der Waals surface area contributed by atoms with Crippen LogP contribution in [0, 0.1) is 5.92 Å². The molecule has 3 unspecified atom stereocenters. The summed E-state index contributed by atoms with van der Waals surface area (Å²) in [5, 5.41) is 7.09. The summed E-state index contributed by atoms with van der Waals surface area (Å²) in [6.07, 6.45) is 0. The van der Waals surface area contributed by atoms with E-state index < -0.39 is 0 Å². The quantitative estimate of drug-likeness (QED) is 0.648. The third-order valence-electron chi connectivity index (χ3n) is 3.70. The molecule has 1 saturated heterocycles. The normalized spacial score (nSPS) is 34.5. The zero-order chi connectivity index (χ0) is 9.54. The summed E-state index contributed by atoms with van der Waals surface area (Å²) < 4.78 is 0. The maximum atomic E-state index is 3.63. The lowest BCUT2D eigenvalue weighted by atomic mass is 9.80. The highest BCUT2D eigenvalue weighted by Crippen LogP contribution is 2.38. The van der Waals surface area contributed by atoms with Gasteiger partial charge in [-0.25, -0.2) is 0 Å². The second-order valence-corrected chi connectivity index (χ2v) is 4.45. The number of fused-ring (bicyclic) bond motifs is 2. The lowest BCUT2D eigenvalue weighted by Crippen LogP contribution is -2.35. The van der Waals surface area contributed by atoms with Gasteiger partial charge >= 0.3 is 0 Å². The maximum Gasteiger partial charge on any atom is 0.0432 e. The highest BCUT2D eigenvalue weighted by Gasteiger charge is 2.36. The van der Waals surface area contributed by atoms with Gasteiger partial charge in [-0.05, 0) is 23.5 Å². The fourth-order valence-electron chi connectivity index (χ4n) is 2.84. The molecule has 2 heterocycles. The highest BCUT2D eigenvalue weighted by molar-refractivity contribution is 5.56. The smallest absolute Gasteiger partial charge is 0.0432 e. The molecule has 0 aromatic heterocycles. The van der Waals surface area contributed by atoms with Crippen molar-refractivity contribution in [2.24, 2.45) is 5.92 Å². The standard InChI is InChI=1S/C12H16N2/c1-8-9-4-2-3-5-11(9)14-12-7-13-6-10(8)12/h2-5,8,10,12-14H,6-7H2,1H3. The summed E-state index contributed by atoms with van der Waals surface area (Å²) in [5.74, 6) is 1.46. The number of hydrogen-bond donors (Lipinski definition) is 2. The minimum Gasteiger partial charge on any atom is -0.380 e. The molecule has 14 heavy (non-hydrogen) atoms. The van der Waals surface area contributed by atoms with Crippen LogP contribution in [0.25, 0.3) is 0 Å². The molecule has 2 aliphatic rings. The molecule has 2 N–H and O–H groups in total. The first-order valence-electron chi connectivity index (χ1n) is 5.42. The first-order valence-corrected chi connectivity index (χ1v) is 5.42. The number of para-hydroxylation sites is 1. The van der Waals surface area contributed by atoms with E-state index in [0.717, 1.165) is 19.0 Å². The summed E-state index contributed by atoms with van der Waals surface area (Å²) in [5.41, 5.74) is 2.82. The average molecular weight is 188 g/mol. The Bertz CT molecular complexity index is 348. The number of anilines is 1. The van der Waals surface area contributed by atoms with E-state index >= 15 is 0 Å². The van der Waals surface area contributed by atoms with E-state index in [0.29, 0.717) is 12.0 Å². The molecule has 0 spiro atoms. The van der Waals surface area contributed by atoms with Gasteiger partial charge < -0.3 is 10.6 Å². The fourth-order valence-corrected chi connectivity index (χ4v) is 2.84. The van der Waals surface area contributed by atoms with E-state index in [4.69, 9.17) is 0 Å². The van der Waals surface area contributed by atoms with Crippen LogP contribution < -0.4 is 10.6 Å². The Labute approximate surface area is 84.7 Å². The number of hydrogen-bond acceptors (Lipinski definition) is 2. The maximum absolute atomic E-state index is 3.63. The van der Waals surface area contributed by atoms with E-state index in [9.17, 15) is 0 Å². The van der Waals surface area contributed by atoms with Crippen LogP contribution >= 0.6 is 0 Å². The Kier molecular flexibility index (Phi) is 1.77. The molecule has 1 aromatic carbocycles. The van der Waals surface area contributed by atoms with Gasteiger partial charge in [-0.1, -0.05) is 25.1 Å². The Hall–Kier alpha value is -1.02. The van der Waals surface area contributed by atoms with Crippen LogP contribution in [0.2, 0.25) is 0 Å². The van der Waals surface area contributed by atoms with Crippen molar-refractivity contribution < 1.29 is 0 Å². The van der Waals surface area contributed by atoms with Gasteiger partial charge in [0.1, 0.15) is 0 Å². The number of nitrogens with one attached hydrogen (secondary N) is 2. The van der Waals surface area contributed by atoms with E-state index in [-0.39, 0.29) is 0 Å². The lowest BCUT2D eigenvalue weighted by Gasteiger charge is -2.34. The Morgan fingerprint density at radius 1 is 1.21 bits per heavy atom. The fraction of sp³-hybridized carbons (Fsp3) is 0.500. The third kappa shape index (κ3) is 1.07. The predicted octanol–water partition coefficient (Wildman–Crippen LogP) is 1.80. The van der Waals surface area contributed by atoms with Crippen molar-refractivity contribution in [1.82, 2.24) is 5.32 Å². The molecule has 3 atom stereocenters. The van der Waals surface area contributed by atoms with E-state index in [1.165, 1.54) is 11.3 Å².